The van der Waals surface area contributed by atoms with Gasteiger partial charge in [-0.2, -0.15) is 0 Å². The molecule has 0 radical (unpaired) electrons. The summed E-state index contributed by atoms with van der Waals surface area (Å²) in [6, 6.07) is 12.6. The Morgan fingerprint density at radius 1 is 1.19 bits per heavy atom. The Hall–Kier alpha value is -1.67. The lowest BCUT2D eigenvalue weighted by atomic mass is 10.0. The summed E-state index contributed by atoms with van der Waals surface area (Å²) in [6.45, 7) is 2.94. The molecule has 2 heteroatoms. The zero-order valence-corrected chi connectivity index (χ0v) is 9.70. The van der Waals surface area contributed by atoms with E-state index in [0.29, 0.717) is 0 Å². The summed E-state index contributed by atoms with van der Waals surface area (Å²) < 4.78 is 0. The number of pyridine rings is 1. The van der Waals surface area contributed by atoms with E-state index in [1.54, 1.807) is 0 Å². The Labute approximate surface area is 96.4 Å². The Bertz CT molecular complexity index is 478. The number of hydrogen-bond acceptors (Lipinski definition) is 2. The molecule has 0 aliphatic rings. The van der Waals surface area contributed by atoms with Crippen molar-refractivity contribution in [3.63, 3.8) is 0 Å². The van der Waals surface area contributed by atoms with Crippen LogP contribution < -0.4 is 5.32 Å². The third-order valence-corrected chi connectivity index (χ3v) is 2.63. The molecule has 0 fully saturated rings. The molecule has 0 bridgehead atoms. The van der Waals surface area contributed by atoms with Crippen molar-refractivity contribution in [3.05, 3.63) is 53.9 Å². The number of rotatable bonds is 3. The van der Waals surface area contributed by atoms with Crippen molar-refractivity contribution < 1.29 is 0 Å². The van der Waals surface area contributed by atoms with Gasteiger partial charge in [0.2, 0.25) is 0 Å². The van der Waals surface area contributed by atoms with Gasteiger partial charge in [-0.05, 0) is 42.8 Å². The van der Waals surface area contributed by atoms with Crippen LogP contribution in [0.3, 0.4) is 0 Å². The van der Waals surface area contributed by atoms with Gasteiger partial charge in [0.1, 0.15) is 0 Å². The number of benzene rings is 1. The molecular formula is C14H16N2. The van der Waals surface area contributed by atoms with Gasteiger partial charge in [-0.15, -0.1) is 0 Å². The Morgan fingerprint density at radius 2 is 2.00 bits per heavy atom. The van der Waals surface area contributed by atoms with Gasteiger partial charge in [-0.3, -0.25) is 4.98 Å². The van der Waals surface area contributed by atoms with E-state index >= 15 is 0 Å². The summed E-state index contributed by atoms with van der Waals surface area (Å²) in [7, 11) is 1.93. The molecule has 1 heterocycles. The highest BCUT2D eigenvalue weighted by atomic mass is 14.8. The summed E-state index contributed by atoms with van der Waals surface area (Å²) in [5.41, 5.74) is 4.88. The maximum absolute atomic E-state index is 4.32. The van der Waals surface area contributed by atoms with Gasteiger partial charge < -0.3 is 5.32 Å². The van der Waals surface area contributed by atoms with Crippen molar-refractivity contribution in [2.45, 2.75) is 13.5 Å². The minimum atomic E-state index is 0.805. The second-order valence-electron chi connectivity index (χ2n) is 3.88. The SMILES string of the molecule is CNCc1cc(-c2ccccc2C)ccn1. The molecule has 0 aliphatic carbocycles. The van der Waals surface area contributed by atoms with Crippen LogP contribution in [0.2, 0.25) is 0 Å². The van der Waals surface area contributed by atoms with Crippen molar-refractivity contribution in [2.24, 2.45) is 0 Å². The highest BCUT2D eigenvalue weighted by Crippen LogP contribution is 2.22. The molecule has 0 unspecified atom stereocenters. The maximum atomic E-state index is 4.32. The first kappa shape index (κ1) is 10.8. The van der Waals surface area contributed by atoms with E-state index in [9.17, 15) is 0 Å². The van der Waals surface area contributed by atoms with E-state index in [-0.39, 0.29) is 0 Å². The van der Waals surface area contributed by atoms with E-state index in [2.05, 4.69) is 53.6 Å². The summed E-state index contributed by atoms with van der Waals surface area (Å²) in [6.07, 6.45) is 1.87. The fourth-order valence-corrected chi connectivity index (χ4v) is 1.82. The van der Waals surface area contributed by atoms with Crippen molar-refractivity contribution in [1.82, 2.24) is 10.3 Å². The zero-order valence-electron chi connectivity index (χ0n) is 9.70. The minimum absolute atomic E-state index is 0.805. The molecule has 0 spiro atoms. The van der Waals surface area contributed by atoms with Crippen LogP contribution in [0, 0.1) is 6.92 Å². The molecule has 1 aromatic carbocycles. The van der Waals surface area contributed by atoms with Gasteiger partial charge in [-0.1, -0.05) is 24.3 Å². The Balaban J connectivity index is 2.40. The van der Waals surface area contributed by atoms with Gasteiger partial charge in [-0.25, -0.2) is 0 Å². The molecule has 82 valence electrons. The number of aryl methyl sites for hydroxylation is 1. The van der Waals surface area contributed by atoms with Crippen LogP contribution in [0.5, 0.6) is 0 Å². The van der Waals surface area contributed by atoms with Gasteiger partial charge in [0.25, 0.3) is 0 Å². The zero-order chi connectivity index (χ0) is 11.4. The van der Waals surface area contributed by atoms with E-state index in [1.165, 1.54) is 16.7 Å². The third-order valence-electron chi connectivity index (χ3n) is 2.63. The molecule has 0 saturated carbocycles. The second-order valence-corrected chi connectivity index (χ2v) is 3.88. The predicted octanol–water partition coefficient (Wildman–Crippen LogP) is 2.78. The van der Waals surface area contributed by atoms with Crippen molar-refractivity contribution in [1.29, 1.82) is 0 Å². The van der Waals surface area contributed by atoms with Crippen molar-refractivity contribution in [2.75, 3.05) is 7.05 Å². The molecule has 0 saturated heterocycles. The fourth-order valence-electron chi connectivity index (χ4n) is 1.82. The van der Waals surface area contributed by atoms with Crippen molar-refractivity contribution in [3.8, 4) is 11.1 Å². The average Bonchev–Trinajstić information content (AvgIpc) is 2.30. The standard InChI is InChI=1S/C14H16N2/c1-11-5-3-4-6-14(11)12-7-8-16-13(9-12)10-15-2/h3-9,15H,10H2,1-2H3. The summed E-state index contributed by atoms with van der Waals surface area (Å²) in [5, 5.41) is 3.11. The number of nitrogens with one attached hydrogen (secondary N) is 1. The maximum Gasteiger partial charge on any atom is 0.0547 e. The smallest absolute Gasteiger partial charge is 0.0547 e. The monoisotopic (exact) mass is 212 g/mol. The van der Waals surface area contributed by atoms with Gasteiger partial charge in [0.05, 0.1) is 5.69 Å². The number of hydrogen-bond donors (Lipinski definition) is 1. The molecule has 0 aliphatic heterocycles. The fraction of sp³-hybridized carbons (Fsp3) is 0.214. The molecule has 0 amide bonds. The summed E-state index contributed by atoms with van der Waals surface area (Å²) in [5.74, 6) is 0. The molecule has 1 N–H and O–H groups in total. The van der Waals surface area contributed by atoms with Gasteiger partial charge in [0.15, 0.2) is 0 Å². The van der Waals surface area contributed by atoms with Crippen LogP contribution in [0.1, 0.15) is 11.3 Å². The largest absolute Gasteiger partial charge is 0.314 e. The predicted molar refractivity (Wildman–Crippen MR) is 67.2 cm³/mol. The van der Waals surface area contributed by atoms with E-state index in [4.69, 9.17) is 0 Å². The molecular weight excluding hydrogens is 196 g/mol. The quantitative estimate of drug-likeness (QED) is 0.846. The summed E-state index contributed by atoms with van der Waals surface area (Å²) >= 11 is 0. The van der Waals surface area contributed by atoms with Gasteiger partial charge in [0, 0.05) is 12.7 Å². The first-order valence-electron chi connectivity index (χ1n) is 5.47. The van der Waals surface area contributed by atoms with Crippen molar-refractivity contribution >= 4 is 0 Å². The van der Waals surface area contributed by atoms with E-state index in [1.807, 2.05) is 13.2 Å². The Morgan fingerprint density at radius 3 is 2.75 bits per heavy atom. The normalized spacial score (nSPS) is 10.4. The lowest BCUT2D eigenvalue weighted by Gasteiger charge is -2.07. The van der Waals surface area contributed by atoms with Crippen LogP contribution in [0.4, 0.5) is 0 Å². The third kappa shape index (κ3) is 2.28. The van der Waals surface area contributed by atoms with Crippen LogP contribution in [-0.2, 0) is 6.54 Å². The van der Waals surface area contributed by atoms with Crippen LogP contribution in [0.15, 0.2) is 42.6 Å². The Kier molecular flexibility index (Phi) is 3.32. The van der Waals surface area contributed by atoms with Gasteiger partial charge >= 0.3 is 0 Å². The molecule has 2 nitrogen and oxygen atoms in total. The first-order valence-corrected chi connectivity index (χ1v) is 5.47. The topological polar surface area (TPSA) is 24.9 Å². The van der Waals surface area contributed by atoms with Crippen LogP contribution in [-0.4, -0.2) is 12.0 Å². The first-order chi connectivity index (χ1) is 7.81. The molecule has 2 aromatic rings. The minimum Gasteiger partial charge on any atom is -0.314 e. The van der Waals surface area contributed by atoms with Crippen LogP contribution in [0.25, 0.3) is 11.1 Å². The highest BCUT2D eigenvalue weighted by Gasteiger charge is 2.02. The highest BCUT2D eigenvalue weighted by molar-refractivity contribution is 5.66. The number of aromatic nitrogens is 1. The average molecular weight is 212 g/mol. The molecule has 16 heavy (non-hydrogen) atoms. The summed E-state index contributed by atoms with van der Waals surface area (Å²) in [4.78, 5) is 4.32. The lowest BCUT2D eigenvalue weighted by molar-refractivity contribution is 0.791. The molecule has 0 atom stereocenters. The molecule has 1 aromatic heterocycles. The van der Waals surface area contributed by atoms with Crippen LogP contribution >= 0.6 is 0 Å². The lowest BCUT2D eigenvalue weighted by Crippen LogP contribution is -2.06. The van der Waals surface area contributed by atoms with E-state index in [0.717, 1.165) is 12.2 Å². The molecule has 2 rings (SSSR count). The van der Waals surface area contributed by atoms with E-state index < -0.39 is 0 Å². The second kappa shape index (κ2) is 4.90. The number of nitrogens with zero attached hydrogens (tertiary/aromatic N) is 1.